The summed E-state index contributed by atoms with van der Waals surface area (Å²) in [6.07, 6.45) is 9.95. The molecule has 2 atom stereocenters. The van der Waals surface area contributed by atoms with Crippen LogP contribution < -0.4 is 5.32 Å². The van der Waals surface area contributed by atoms with E-state index in [9.17, 15) is 27.6 Å². The average Bonchev–Trinajstić information content (AvgIpc) is 3.30. The number of rotatable bonds is 18. The van der Waals surface area contributed by atoms with Crippen molar-refractivity contribution in [3.05, 3.63) is 54.1 Å². The molecule has 2 unspecified atom stereocenters. The number of nitrogens with zero attached hydrogens (tertiary/aromatic N) is 3. The predicted molar refractivity (Wildman–Crippen MR) is 186 cm³/mol. The van der Waals surface area contributed by atoms with Gasteiger partial charge in [-0.1, -0.05) is 102 Å². The van der Waals surface area contributed by atoms with E-state index in [0.29, 0.717) is 26.9 Å². The second-order valence-corrected chi connectivity index (χ2v) is 14.5. The summed E-state index contributed by atoms with van der Waals surface area (Å²) in [5.74, 6) is -3.13. The van der Waals surface area contributed by atoms with Crippen LogP contribution in [0.15, 0.2) is 58.4 Å². The molecule has 1 N–H and O–H groups in total. The molecule has 0 aromatic heterocycles. The number of anilines is 1. The number of amides is 3. The maximum absolute atomic E-state index is 14.1. The molecule has 0 saturated carbocycles. The topological polar surface area (TPSA) is 152 Å². The number of ether oxygens (including phenoxy) is 2. The maximum Gasteiger partial charge on any atom is 0.418 e. The second kappa shape index (κ2) is 16.9. The van der Waals surface area contributed by atoms with Crippen molar-refractivity contribution in [2.45, 2.75) is 115 Å². The van der Waals surface area contributed by atoms with Gasteiger partial charge in [0.1, 0.15) is 11.4 Å². The Balaban J connectivity index is 1.58. The van der Waals surface area contributed by atoms with Crippen LogP contribution in [0.5, 0.6) is 0 Å². The standard InChI is InChI=1S/C36H48N4O8S/c1-5-7-8-9-10-11-12-13-14-19-24-47-30(41)25-39-32(37-28-22-17-18-23-29(28)49(39,45)46)31(33(42)38-27-21-16-15-20-26(27)3)40-34(43)36(4,6-2)48-35(40)44/h15-18,20-23,31H,5-14,19,24-25H2,1-4H3,(H,38,42). The van der Waals surface area contributed by atoms with E-state index in [0.717, 1.165) is 19.3 Å². The fourth-order valence-corrected chi connectivity index (χ4v) is 7.35. The van der Waals surface area contributed by atoms with Gasteiger partial charge in [0, 0.05) is 5.69 Å². The summed E-state index contributed by atoms with van der Waals surface area (Å²) in [7, 11) is -4.51. The molecule has 2 heterocycles. The molecule has 2 aromatic rings. The average molecular weight is 697 g/mol. The van der Waals surface area contributed by atoms with Crippen molar-refractivity contribution in [3.8, 4) is 0 Å². The van der Waals surface area contributed by atoms with E-state index in [1.165, 1.54) is 63.6 Å². The van der Waals surface area contributed by atoms with Crippen molar-refractivity contribution < 1.29 is 37.1 Å². The SMILES string of the molecule is CCCCCCCCCCCCOC(=O)CN1C(C(C(=O)Nc2ccccc2C)N2C(=O)OC(C)(CC)C2=O)=Nc2ccccc2S1(=O)=O. The number of hydrogen-bond acceptors (Lipinski definition) is 9. The molecule has 2 aliphatic rings. The van der Waals surface area contributed by atoms with Gasteiger partial charge in [0.2, 0.25) is 0 Å². The minimum absolute atomic E-state index is 0.0144. The number of fused-ring (bicyclic) bond motifs is 1. The summed E-state index contributed by atoms with van der Waals surface area (Å²) in [5, 5.41) is 2.71. The van der Waals surface area contributed by atoms with E-state index >= 15 is 0 Å². The van der Waals surface area contributed by atoms with Gasteiger partial charge in [-0.05, 0) is 50.5 Å². The van der Waals surface area contributed by atoms with Gasteiger partial charge in [-0.2, -0.15) is 0 Å². The van der Waals surface area contributed by atoms with E-state index in [2.05, 4.69) is 17.2 Å². The number of unbranched alkanes of at least 4 members (excludes halogenated alkanes) is 9. The quantitative estimate of drug-likeness (QED) is 0.134. The van der Waals surface area contributed by atoms with Crippen LogP contribution in [0.25, 0.3) is 0 Å². The smallest absolute Gasteiger partial charge is 0.418 e. The number of carbonyl (C=O) groups excluding carboxylic acids is 4. The molecular formula is C36H48N4O8S. The largest absolute Gasteiger partial charge is 0.464 e. The highest BCUT2D eigenvalue weighted by atomic mass is 32.2. The van der Waals surface area contributed by atoms with Crippen LogP contribution in [0.4, 0.5) is 16.2 Å². The number of hydrogen-bond donors (Lipinski definition) is 1. The number of sulfonamides is 1. The molecule has 1 saturated heterocycles. The predicted octanol–water partition coefficient (Wildman–Crippen LogP) is 6.65. The van der Waals surface area contributed by atoms with Crippen LogP contribution in [0.2, 0.25) is 0 Å². The fraction of sp³-hybridized carbons (Fsp3) is 0.528. The number of esters is 1. The zero-order valence-electron chi connectivity index (χ0n) is 28.9. The molecule has 0 spiro atoms. The molecule has 49 heavy (non-hydrogen) atoms. The highest BCUT2D eigenvalue weighted by molar-refractivity contribution is 7.90. The molecule has 13 heteroatoms. The van der Waals surface area contributed by atoms with Crippen molar-refractivity contribution in [2.24, 2.45) is 4.99 Å². The Morgan fingerprint density at radius 1 is 0.918 bits per heavy atom. The van der Waals surface area contributed by atoms with Gasteiger partial charge in [0.05, 0.1) is 12.3 Å². The van der Waals surface area contributed by atoms with E-state index in [1.54, 1.807) is 44.2 Å². The van der Waals surface area contributed by atoms with Gasteiger partial charge >= 0.3 is 12.1 Å². The Morgan fingerprint density at radius 3 is 2.16 bits per heavy atom. The lowest BCUT2D eigenvalue weighted by Gasteiger charge is -2.34. The van der Waals surface area contributed by atoms with Gasteiger partial charge in [0.25, 0.3) is 21.8 Å². The van der Waals surface area contributed by atoms with Crippen molar-refractivity contribution in [3.63, 3.8) is 0 Å². The Labute approximate surface area is 289 Å². The zero-order valence-corrected chi connectivity index (χ0v) is 29.7. The van der Waals surface area contributed by atoms with Crippen LogP contribution in [-0.4, -0.2) is 72.1 Å². The van der Waals surface area contributed by atoms with Crippen molar-refractivity contribution in [2.75, 3.05) is 18.5 Å². The first-order valence-corrected chi connectivity index (χ1v) is 18.7. The summed E-state index contributed by atoms with van der Waals surface area (Å²) in [4.78, 5) is 59.3. The fourth-order valence-electron chi connectivity index (χ4n) is 5.82. The Morgan fingerprint density at radius 2 is 1.53 bits per heavy atom. The van der Waals surface area contributed by atoms with Crippen molar-refractivity contribution in [1.29, 1.82) is 0 Å². The summed E-state index contributed by atoms with van der Waals surface area (Å²) in [5.41, 5.74) is -0.556. The minimum atomic E-state index is -4.51. The summed E-state index contributed by atoms with van der Waals surface area (Å²) < 4.78 is 39.7. The Bertz CT molecular complexity index is 1660. The van der Waals surface area contributed by atoms with Crippen LogP contribution in [-0.2, 0) is 33.9 Å². The lowest BCUT2D eigenvalue weighted by atomic mass is 10.0. The van der Waals surface area contributed by atoms with Crippen LogP contribution in [0.3, 0.4) is 0 Å². The van der Waals surface area contributed by atoms with Gasteiger partial charge in [-0.25, -0.2) is 27.4 Å². The molecule has 2 aromatic carbocycles. The number of aliphatic imine (C=N–C) groups is 1. The first kappa shape index (κ1) is 37.6. The summed E-state index contributed by atoms with van der Waals surface area (Å²) in [6, 6.07) is 10.8. The first-order valence-electron chi connectivity index (χ1n) is 17.2. The molecule has 2 aliphatic heterocycles. The normalized spacial score (nSPS) is 18.8. The van der Waals surface area contributed by atoms with Gasteiger partial charge in [-0.15, -0.1) is 0 Å². The second-order valence-electron chi connectivity index (χ2n) is 12.7. The van der Waals surface area contributed by atoms with Gasteiger partial charge in [0.15, 0.2) is 17.5 Å². The van der Waals surface area contributed by atoms with Crippen molar-refractivity contribution in [1.82, 2.24) is 9.21 Å². The third-order valence-corrected chi connectivity index (χ3v) is 10.8. The zero-order chi connectivity index (χ0) is 35.6. The minimum Gasteiger partial charge on any atom is -0.464 e. The molecule has 3 amide bonds. The lowest BCUT2D eigenvalue weighted by molar-refractivity contribution is -0.143. The first-order chi connectivity index (χ1) is 23.4. The maximum atomic E-state index is 14.1. The monoisotopic (exact) mass is 696 g/mol. The van der Waals surface area contributed by atoms with Crippen LogP contribution in [0, 0.1) is 6.92 Å². The molecule has 4 rings (SSSR count). The molecule has 266 valence electrons. The third-order valence-electron chi connectivity index (χ3n) is 8.97. The van der Waals surface area contributed by atoms with Crippen LogP contribution >= 0.6 is 0 Å². The van der Waals surface area contributed by atoms with E-state index in [-0.39, 0.29) is 23.6 Å². The number of nitrogens with one attached hydrogen (secondary N) is 1. The number of aryl methyl sites for hydroxylation is 1. The lowest BCUT2D eigenvalue weighted by Crippen LogP contribution is -2.59. The molecule has 0 bridgehead atoms. The van der Waals surface area contributed by atoms with E-state index in [4.69, 9.17) is 9.47 Å². The number of imide groups is 1. The summed E-state index contributed by atoms with van der Waals surface area (Å²) >= 11 is 0. The highest BCUT2D eigenvalue weighted by Crippen LogP contribution is 2.36. The van der Waals surface area contributed by atoms with Crippen LogP contribution in [0.1, 0.15) is 97.0 Å². The number of amidine groups is 1. The van der Waals surface area contributed by atoms with E-state index in [1.807, 2.05) is 0 Å². The number of para-hydroxylation sites is 2. The number of cyclic esters (lactones) is 1. The molecular weight excluding hydrogens is 648 g/mol. The molecule has 0 aliphatic carbocycles. The van der Waals surface area contributed by atoms with E-state index < -0.39 is 57.9 Å². The van der Waals surface area contributed by atoms with Gasteiger partial charge < -0.3 is 14.8 Å². The van der Waals surface area contributed by atoms with Crippen molar-refractivity contribution >= 4 is 51.1 Å². The highest BCUT2D eigenvalue weighted by Gasteiger charge is 2.56. The third kappa shape index (κ3) is 8.86. The number of carbonyl (C=O) groups is 4. The molecule has 0 radical (unpaired) electrons. The Hall–Kier alpha value is -4.26. The summed E-state index contributed by atoms with van der Waals surface area (Å²) in [6.45, 7) is 6.28. The van der Waals surface area contributed by atoms with Gasteiger partial charge in [-0.3, -0.25) is 14.4 Å². The molecule has 12 nitrogen and oxygen atoms in total. The Kier molecular flexibility index (Phi) is 13.0. The number of benzene rings is 2. The molecule has 1 fully saturated rings.